The molecule has 3 aromatic rings. The van der Waals surface area contributed by atoms with Gasteiger partial charge in [-0.15, -0.1) is 0 Å². The Balaban J connectivity index is 1.57. The lowest BCUT2D eigenvalue weighted by Gasteiger charge is -2.33. The summed E-state index contributed by atoms with van der Waals surface area (Å²) >= 11 is 6.12. The Kier molecular flexibility index (Phi) is 11.5. The molecule has 0 aliphatic heterocycles. The second kappa shape index (κ2) is 15.3. The van der Waals surface area contributed by atoms with E-state index in [1.54, 1.807) is 48.4 Å². The van der Waals surface area contributed by atoms with Crippen molar-refractivity contribution in [2.24, 2.45) is 0 Å². The molecule has 1 fully saturated rings. The van der Waals surface area contributed by atoms with Crippen LogP contribution in [0.2, 0.25) is 5.02 Å². The summed E-state index contributed by atoms with van der Waals surface area (Å²) in [6.45, 7) is 0.336. The fourth-order valence-electron chi connectivity index (χ4n) is 5.46. The van der Waals surface area contributed by atoms with Crippen molar-refractivity contribution in [3.05, 3.63) is 95.0 Å². The van der Waals surface area contributed by atoms with Crippen LogP contribution in [-0.4, -0.2) is 57.1 Å². The zero-order valence-electron chi connectivity index (χ0n) is 24.7. The highest BCUT2D eigenvalue weighted by atomic mass is 35.5. The Labute approximate surface area is 260 Å². The fraction of sp³-hybridized carbons (Fsp3) is 0.394. The third kappa shape index (κ3) is 9.46. The Hall–Kier alpha value is -3.56. The molecule has 1 saturated carbocycles. The van der Waals surface area contributed by atoms with Gasteiger partial charge in [0.25, 0.3) is 0 Å². The second-order valence-corrected chi connectivity index (χ2v) is 13.3. The van der Waals surface area contributed by atoms with Crippen molar-refractivity contribution in [2.45, 2.75) is 63.6 Å². The number of hydrogen-bond donors (Lipinski definition) is 1. The lowest BCUT2D eigenvalue weighted by molar-refractivity contribution is -0.141. The first-order chi connectivity index (χ1) is 20.6. The number of nitrogens with one attached hydrogen (secondary N) is 1. The molecule has 2 amide bonds. The summed E-state index contributed by atoms with van der Waals surface area (Å²) in [5.41, 5.74) is 2.29. The standard InChI is InChI=1S/C33H40ClN3O5S/c1-42-30-20-18-29(19-21-30)37(43(2,40)41)22-8-13-32(38)36(24-26-14-16-27(34)17-15-26)31(23-25-9-4-3-5-10-25)33(39)35-28-11-6-7-12-28/h3-5,9-10,14-21,28,31H,6-8,11-13,22-24H2,1-2H3,(H,35,39)/t31-/m1/s1. The predicted molar refractivity (Wildman–Crippen MR) is 171 cm³/mol. The minimum Gasteiger partial charge on any atom is -0.497 e. The summed E-state index contributed by atoms with van der Waals surface area (Å²) in [5.74, 6) is 0.222. The minimum atomic E-state index is -3.60. The maximum absolute atomic E-state index is 14.0. The number of carbonyl (C=O) groups excluding carboxylic acids is 2. The van der Waals surface area contributed by atoms with Crippen molar-refractivity contribution in [1.29, 1.82) is 0 Å². The van der Waals surface area contributed by atoms with Crippen LogP contribution in [0.3, 0.4) is 0 Å². The molecule has 0 spiro atoms. The van der Waals surface area contributed by atoms with E-state index in [1.807, 2.05) is 42.5 Å². The molecule has 0 aromatic heterocycles. The van der Waals surface area contributed by atoms with Crippen molar-refractivity contribution in [3.63, 3.8) is 0 Å². The molecule has 3 aromatic carbocycles. The molecule has 1 atom stereocenters. The van der Waals surface area contributed by atoms with Gasteiger partial charge in [-0.3, -0.25) is 13.9 Å². The van der Waals surface area contributed by atoms with Crippen molar-refractivity contribution in [1.82, 2.24) is 10.2 Å². The summed E-state index contributed by atoms with van der Waals surface area (Å²) in [6.07, 6.45) is 5.87. The highest BCUT2D eigenvalue weighted by Gasteiger charge is 2.32. The summed E-state index contributed by atoms with van der Waals surface area (Å²) in [4.78, 5) is 29.4. The van der Waals surface area contributed by atoms with E-state index in [4.69, 9.17) is 16.3 Å². The number of anilines is 1. The van der Waals surface area contributed by atoms with Gasteiger partial charge >= 0.3 is 0 Å². The Morgan fingerprint density at radius 1 is 0.953 bits per heavy atom. The molecule has 0 unspecified atom stereocenters. The van der Waals surface area contributed by atoms with Gasteiger partial charge in [-0.25, -0.2) is 8.42 Å². The van der Waals surface area contributed by atoms with Crippen LogP contribution in [0.1, 0.15) is 49.7 Å². The Bertz CT molecular complexity index is 1440. The number of carbonyl (C=O) groups is 2. The van der Waals surface area contributed by atoms with E-state index in [0.29, 0.717) is 22.9 Å². The zero-order chi connectivity index (χ0) is 30.8. The smallest absolute Gasteiger partial charge is 0.243 e. The highest BCUT2D eigenvalue weighted by molar-refractivity contribution is 7.92. The number of hydrogen-bond acceptors (Lipinski definition) is 5. The third-order valence-corrected chi connectivity index (χ3v) is 9.20. The van der Waals surface area contributed by atoms with Crippen LogP contribution in [0, 0.1) is 0 Å². The van der Waals surface area contributed by atoms with Gasteiger partial charge in [0.15, 0.2) is 0 Å². The van der Waals surface area contributed by atoms with Gasteiger partial charge in [0.1, 0.15) is 11.8 Å². The monoisotopic (exact) mass is 625 g/mol. The van der Waals surface area contributed by atoms with Gasteiger partial charge in [0, 0.05) is 37.0 Å². The number of sulfonamides is 1. The topological polar surface area (TPSA) is 96.0 Å². The van der Waals surface area contributed by atoms with Crippen LogP contribution in [0.5, 0.6) is 5.75 Å². The number of benzene rings is 3. The third-order valence-electron chi connectivity index (χ3n) is 7.75. The fourth-order valence-corrected chi connectivity index (χ4v) is 6.55. The lowest BCUT2D eigenvalue weighted by Crippen LogP contribution is -2.52. The number of amides is 2. The number of halogens is 1. The van der Waals surface area contributed by atoms with Gasteiger partial charge in [-0.05, 0) is 66.8 Å². The number of methoxy groups -OCH3 is 1. The summed E-state index contributed by atoms with van der Waals surface area (Å²) in [6, 6.07) is 23.0. The number of nitrogens with zero attached hydrogens (tertiary/aromatic N) is 2. The van der Waals surface area contributed by atoms with E-state index in [9.17, 15) is 18.0 Å². The summed E-state index contributed by atoms with van der Waals surface area (Å²) in [5, 5.41) is 3.79. The van der Waals surface area contributed by atoms with E-state index in [0.717, 1.165) is 43.1 Å². The maximum Gasteiger partial charge on any atom is 0.243 e. The summed E-state index contributed by atoms with van der Waals surface area (Å²) < 4.78 is 31.8. The quantitative estimate of drug-likeness (QED) is 0.252. The van der Waals surface area contributed by atoms with E-state index in [-0.39, 0.29) is 43.8 Å². The number of rotatable bonds is 14. The van der Waals surface area contributed by atoms with Gasteiger partial charge in [-0.1, -0.05) is 66.9 Å². The van der Waals surface area contributed by atoms with E-state index < -0.39 is 16.1 Å². The van der Waals surface area contributed by atoms with Crippen molar-refractivity contribution in [2.75, 3.05) is 24.2 Å². The highest BCUT2D eigenvalue weighted by Crippen LogP contribution is 2.24. The molecule has 230 valence electrons. The average molecular weight is 626 g/mol. The normalized spacial score (nSPS) is 14.2. The van der Waals surface area contributed by atoms with Crippen LogP contribution in [0.25, 0.3) is 0 Å². The van der Waals surface area contributed by atoms with Gasteiger partial charge in [-0.2, -0.15) is 0 Å². The molecule has 8 nitrogen and oxygen atoms in total. The zero-order valence-corrected chi connectivity index (χ0v) is 26.3. The van der Waals surface area contributed by atoms with Crippen molar-refractivity contribution in [3.8, 4) is 5.75 Å². The molecule has 0 saturated heterocycles. The van der Waals surface area contributed by atoms with Crippen molar-refractivity contribution >= 4 is 39.1 Å². The van der Waals surface area contributed by atoms with Gasteiger partial charge in [0.2, 0.25) is 21.8 Å². The van der Waals surface area contributed by atoms with E-state index in [2.05, 4.69) is 5.32 Å². The molecular formula is C33H40ClN3O5S. The molecule has 1 aliphatic carbocycles. The van der Waals surface area contributed by atoms with Crippen LogP contribution in [-0.2, 0) is 32.6 Å². The average Bonchev–Trinajstić information content (AvgIpc) is 3.51. The molecule has 10 heteroatoms. The van der Waals surface area contributed by atoms with E-state index >= 15 is 0 Å². The molecular weight excluding hydrogens is 586 g/mol. The molecule has 43 heavy (non-hydrogen) atoms. The molecule has 4 rings (SSSR count). The first-order valence-corrected chi connectivity index (χ1v) is 16.9. The Morgan fingerprint density at radius 2 is 1.60 bits per heavy atom. The lowest BCUT2D eigenvalue weighted by atomic mass is 10.0. The maximum atomic E-state index is 14.0. The van der Waals surface area contributed by atoms with E-state index in [1.165, 1.54) is 4.31 Å². The summed E-state index contributed by atoms with van der Waals surface area (Å²) in [7, 11) is -2.06. The molecule has 1 aliphatic rings. The molecule has 0 bridgehead atoms. The van der Waals surface area contributed by atoms with Crippen LogP contribution < -0.4 is 14.4 Å². The minimum absolute atomic E-state index is 0.0672. The van der Waals surface area contributed by atoms with Crippen molar-refractivity contribution < 1.29 is 22.7 Å². The largest absolute Gasteiger partial charge is 0.497 e. The Morgan fingerprint density at radius 3 is 2.21 bits per heavy atom. The first kappa shape index (κ1) is 32.4. The number of ether oxygens (including phenoxy) is 1. The SMILES string of the molecule is COc1ccc(N(CCCC(=O)N(Cc2ccc(Cl)cc2)[C@H](Cc2ccccc2)C(=O)NC2CCCC2)S(C)(=O)=O)cc1. The van der Waals surface area contributed by atoms with Gasteiger partial charge < -0.3 is 15.0 Å². The van der Waals surface area contributed by atoms with Crippen LogP contribution >= 0.6 is 11.6 Å². The second-order valence-electron chi connectivity index (χ2n) is 11.0. The molecule has 0 heterocycles. The van der Waals surface area contributed by atoms with Gasteiger partial charge in [0.05, 0.1) is 19.1 Å². The molecule has 0 radical (unpaired) electrons. The first-order valence-electron chi connectivity index (χ1n) is 14.6. The van der Waals surface area contributed by atoms with Crippen LogP contribution in [0.15, 0.2) is 78.9 Å². The predicted octanol–water partition coefficient (Wildman–Crippen LogP) is 5.59. The molecule has 1 N–H and O–H groups in total. The van der Waals surface area contributed by atoms with Crippen LogP contribution in [0.4, 0.5) is 5.69 Å².